The van der Waals surface area contributed by atoms with Crippen molar-refractivity contribution in [2.45, 2.75) is 62.1 Å². The summed E-state index contributed by atoms with van der Waals surface area (Å²) in [5.41, 5.74) is 7.23. The van der Waals surface area contributed by atoms with Crippen LogP contribution in [0.2, 0.25) is 5.02 Å². The molecular formula is C46H44ClN7O4. The SMILES string of the molecule is COC(=O)N[C@@H](C(=O)N1CCC[C@H]1c1ncc(-c2ccc(-c3ccc(-c4cnc([C@@H]5CCCN5C(=O)C5(c6ccc(Cl)cc6)CC5)[nH]4)cc3)cc2)[nH]1)c1ccccc1. The Morgan fingerprint density at radius 3 is 1.78 bits per heavy atom. The van der Waals surface area contributed by atoms with E-state index in [0.29, 0.717) is 23.0 Å². The molecule has 58 heavy (non-hydrogen) atoms. The van der Waals surface area contributed by atoms with Gasteiger partial charge in [-0.3, -0.25) is 9.59 Å². The van der Waals surface area contributed by atoms with Gasteiger partial charge in [-0.15, -0.1) is 0 Å². The third-order valence-electron chi connectivity index (χ3n) is 12.0. The minimum Gasteiger partial charge on any atom is -0.453 e. The lowest BCUT2D eigenvalue weighted by Crippen LogP contribution is -2.42. The Hall–Kier alpha value is -6.20. The lowest BCUT2D eigenvalue weighted by molar-refractivity contribution is -0.135. The molecule has 1 saturated carbocycles. The summed E-state index contributed by atoms with van der Waals surface area (Å²) in [6.45, 7) is 1.30. The van der Waals surface area contributed by atoms with Crippen LogP contribution < -0.4 is 5.32 Å². The Morgan fingerprint density at radius 1 is 0.724 bits per heavy atom. The molecule has 11 nitrogen and oxygen atoms in total. The fourth-order valence-electron chi connectivity index (χ4n) is 8.67. The second-order valence-corrected chi connectivity index (χ2v) is 15.9. The van der Waals surface area contributed by atoms with Gasteiger partial charge < -0.3 is 29.8 Å². The number of halogens is 1. The molecule has 12 heteroatoms. The quantitative estimate of drug-likeness (QED) is 0.127. The molecule has 3 atom stereocenters. The maximum Gasteiger partial charge on any atom is 0.407 e. The van der Waals surface area contributed by atoms with E-state index >= 15 is 0 Å². The number of alkyl carbamates (subject to hydrolysis) is 1. The number of hydrogen-bond donors (Lipinski definition) is 3. The highest BCUT2D eigenvalue weighted by molar-refractivity contribution is 6.30. The zero-order valence-corrected chi connectivity index (χ0v) is 32.9. The van der Waals surface area contributed by atoms with Crippen LogP contribution in [-0.2, 0) is 19.7 Å². The predicted molar refractivity (Wildman–Crippen MR) is 222 cm³/mol. The third kappa shape index (κ3) is 7.15. The first-order chi connectivity index (χ1) is 28.3. The molecule has 0 unspecified atom stereocenters. The minimum atomic E-state index is -0.872. The van der Waals surface area contributed by atoms with Crippen molar-refractivity contribution in [1.29, 1.82) is 0 Å². The molecule has 4 heterocycles. The normalized spacial score (nSPS) is 18.9. The zero-order chi connectivity index (χ0) is 39.8. The summed E-state index contributed by atoms with van der Waals surface area (Å²) in [7, 11) is 1.29. The number of benzene rings is 4. The van der Waals surface area contributed by atoms with Crippen LogP contribution in [0.1, 0.15) is 79.4 Å². The summed E-state index contributed by atoms with van der Waals surface area (Å²) in [6.07, 6.45) is 8.15. The van der Waals surface area contributed by atoms with Gasteiger partial charge in [0.05, 0.1) is 48.4 Å². The maximum absolute atomic E-state index is 14.0. The van der Waals surface area contributed by atoms with Crippen LogP contribution in [0.15, 0.2) is 116 Å². The van der Waals surface area contributed by atoms with Crippen molar-refractivity contribution in [3.63, 3.8) is 0 Å². The molecule has 2 aliphatic heterocycles. The van der Waals surface area contributed by atoms with Crippen LogP contribution in [0.4, 0.5) is 4.79 Å². The lowest BCUT2D eigenvalue weighted by atomic mass is 9.94. The molecule has 1 aliphatic carbocycles. The average Bonchev–Trinajstić information content (AvgIpc) is 3.80. The summed E-state index contributed by atoms with van der Waals surface area (Å²) in [4.78, 5) is 60.4. The largest absolute Gasteiger partial charge is 0.453 e. The van der Waals surface area contributed by atoms with Gasteiger partial charge in [0.15, 0.2) is 0 Å². The van der Waals surface area contributed by atoms with Crippen molar-refractivity contribution in [3.8, 4) is 33.6 Å². The number of carbonyl (C=O) groups excluding carboxylic acids is 3. The van der Waals surface area contributed by atoms with Gasteiger partial charge in [-0.1, -0.05) is 103 Å². The van der Waals surface area contributed by atoms with Crippen LogP contribution in [0.25, 0.3) is 33.6 Å². The number of methoxy groups -OCH3 is 1. The number of aromatic amines is 2. The third-order valence-corrected chi connectivity index (χ3v) is 12.2. The highest BCUT2D eigenvalue weighted by Gasteiger charge is 2.54. The topological polar surface area (TPSA) is 136 Å². The van der Waals surface area contributed by atoms with E-state index in [1.807, 2.05) is 71.9 Å². The number of nitrogens with one attached hydrogen (secondary N) is 3. The van der Waals surface area contributed by atoms with Gasteiger partial charge in [-0.2, -0.15) is 0 Å². The highest BCUT2D eigenvalue weighted by Crippen LogP contribution is 2.51. The first-order valence-electron chi connectivity index (χ1n) is 19.9. The number of H-pyrrole nitrogens is 2. The number of aromatic nitrogens is 4. The molecule has 3 fully saturated rings. The van der Waals surface area contributed by atoms with Gasteiger partial charge in [-0.25, -0.2) is 14.8 Å². The number of rotatable bonds is 10. The molecule has 0 bridgehead atoms. The summed E-state index contributed by atoms with van der Waals surface area (Å²) in [6, 6.07) is 32.5. The summed E-state index contributed by atoms with van der Waals surface area (Å²) >= 11 is 6.14. The fourth-order valence-corrected chi connectivity index (χ4v) is 8.80. The van der Waals surface area contributed by atoms with E-state index < -0.39 is 17.6 Å². The smallest absolute Gasteiger partial charge is 0.407 e. The van der Waals surface area contributed by atoms with Crippen LogP contribution in [0.5, 0.6) is 0 Å². The Morgan fingerprint density at radius 2 is 1.24 bits per heavy atom. The van der Waals surface area contributed by atoms with Crippen LogP contribution >= 0.6 is 11.6 Å². The minimum absolute atomic E-state index is 0.0725. The van der Waals surface area contributed by atoms with E-state index in [9.17, 15) is 14.4 Å². The lowest BCUT2D eigenvalue weighted by Gasteiger charge is -2.28. The van der Waals surface area contributed by atoms with E-state index in [1.165, 1.54) is 7.11 Å². The molecule has 4 aromatic carbocycles. The van der Waals surface area contributed by atoms with Crippen molar-refractivity contribution in [2.24, 2.45) is 0 Å². The number of amides is 3. The van der Waals surface area contributed by atoms with E-state index in [-0.39, 0.29) is 23.9 Å². The Balaban J connectivity index is 0.858. The molecule has 0 radical (unpaired) electrons. The van der Waals surface area contributed by atoms with E-state index in [4.69, 9.17) is 26.3 Å². The van der Waals surface area contributed by atoms with Crippen LogP contribution in [0, 0.1) is 0 Å². The number of hydrogen-bond acceptors (Lipinski definition) is 6. The number of nitrogens with zero attached hydrogens (tertiary/aromatic N) is 4. The van der Waals surface area contributed by atoms with Crippen molar-refractivity contribution >= 4 is 29.5 Å². The number of carbonyl (C=O) groups is 3. The number of likely N-dealkylation sites (tertiary alicyclic amines) is 2. The molecule has 3 N–H and O–H groups in total. The molecular weight excluding hydrogens is 750 g/mol. The van der Waals surface area contributed by atoms with Gasteiger partial charge >= 0.3 is 6.09 Å². The van der Waals surface area contributed by atoms with Crippen molar-refractivity contribution in [1.82, 2.24) is 35.1 Å². The first kappa shape index (κ1) is 37.4. The van der Waals surface area contributed by atoms with E-state index in [0.717, 1.165) is 90.1 Å². The molecule has 6 aromatic rings. The van der Waals surface area contributed by atoms with Gasteiger partial charge in [0.1, 0.15) is 17.7 Å². The van der Waals surface area contributed by atoms with Gasteiger partial charge in [0, 0.05) is 18.1 Å². The van der Waals surface area contributed by atoms with Gasteiger partial charge in [0.25, 0.3) is 5.91 Å². The van der Waals surface area contributed by atoms with Gasteiger partial charge in [-0.05, 0) is 84.0 Å². The standard InChI is InChI=1S/C46H44ClN7O4/c1-58-45(57)52-40(33-7-3-2-4-8-33)43(55)53-25-5-9-38(53)41-48-27-36(50-41)31-15-11-29(12-16-31)30-13-17-32(18-14-30)37-28-49-42(51-37)39-10-6-26-54(39)44(56)46(23-24-46)34-19-21-35(47)22-20-34/h2-4,7-8,11-22,27-28,38-40H,5-6,9-10,23-26H2,1H3,(H,48,50)(H,49,51)(H,52,57)/t38-,39-,40+/m0/s1. The second-order valence-electron chi connectivity index (χ2n) is 15.4. The molecule has 294 valence electrons. The van der Waals surface area contributed by atoms with E-state index in [1.54, 1.807) is 4.90 Å². The maximum atomic E-state index is 14.0. The van der Waals surface area contributed by atoms with Gasteiger partial charge in [0.2, 0.25) is 5.91 Å². The summed E-state index contributed by atoms with van der Waals surface area (Å²) < 4.78 is 4.83. The molecule has 2 aromatic heterocycles. The van der Waals surface area contributed by atoms with E-state index in [2.05, 4.69) is 63.8 Å². The Bertz CT molecular complexity index is 2420. The number of imidazole rings is 2. The first-order valence-corrected chi connectivity index (χ1v) is 20.3. The Kier molecular flexibility index (Phi) is 10.1. The molecule has 2 saturated heterocycles. The summed E-state index contributed by atoms with van der Waals surface area (Å²) in [5.74, 6) is 1.53. The van der Waals surface area contributed by atoms with Crippen LogP contribution in [-0.4, -0.2) is 67.8 Å². The van der Waals surface area contributed by atoms with Crippen molar-refractivity contribution in [3.05, 3.63) is 143 Å². The fraction of sp³-hybridized carbons (Fsp3) is 0.283. The number of ether oxygens (including phenoxy) is 1. The highest BCUT2D eigenvalue weighted by atomic mass is 35.5. The second kappa shape index (κ2) is 15.6. The molecule has 3 amide bonds. The Labute approximate surface area is 341 Å². The van der Waals surface area contributed by atoms with Crippen molar-refractivity contribution < 1.29 is 19.1 Å². The average molecular weight is 794 g/mol. The van der Waals surface area contributed by atoms with Crippen LogP contribution in [0.3, 0.4) is 0 Å². The summed E-state index contributed by atoms with van der Waals surface area (Å²) in [5, 5.41) is 3.40. The molecule has 9 rings (SSSR count). The molecule has 0 spiro atoms. The predicted octanol–water partition coefficient (Wildman–Crippen LogP) is 8.94. The zero-order valence-electron chi connectivity index (χ0n) is 32.2. The van der Waals surface area contributed by atoms with Crippen molar-refractivity contribution in [2.75, 3.05) is 20.2 Å². The monoisotopic (exact) mass is 793 g/mol. The molecule has 3 aliphatic rings.